The van der Waals surface area contributed by atoms with E-state index in [1.165, 1.54) is 0 Å². The van der Waals surface area contributed by atoms with Gasteiger partial charge in [-0.2, -0.15) is 0 Å². The Morgan fingerprint density at radius 1 is 1.25 bits per heavy atom. The normalized spacial score (nSPS) is 10.6. The molecule has 5 nitrogen and oxygen atoms in total. The molecule has 0 amide bonds. The van der Waals surface area contributed by atoms with Crippen LogP contribution in [0.4, 0.5) is 0 Å². The monoisotopic (exact) mass is 217 g/mol. The molecule has 0 spiro atoms. The SMILES string of the molecule is NCCCc1cn(Cc2ccccn2)nn1. The standard InChI is InChI=1S/C11H15N5/c12-6-3-5-11-9-16(15-14-11)8-10-4-1-2-7-13-10/h1-2,4,7,9H,3,5-6,8,12H2. The van der Waals surface area contributed by atoms with Crippen LogP contribution in [-0.2, 0) is 13.0 Å². The molecular weight excluding hydrogens is 202 g/mol. The third-order valence-corrected chi connectivity index (χ3v) is 2.27. The molecular formula is C11H15N5. The summed E-state index contributed by atoms with van der Waals surface area (Å²) < 4.78 is 1.80. The second-order valence-corrected chi connectivity index (χ2v) is 3.62. The molecule has 2 aromatic heterocycles. The van der Waals surface area contributed by atoms with E-state index >= 15 is 0 Å². The number of rotatable bonds is 5. The van der Waals surface area contributed by atoms with Crippen molar-refractivity contribution in [2.45, 2.75) is 19.4 Å². The quantitative estimate of drug-likeness (QED) is 0.796. The molecule has 0 saturated heterocycles. The second kappa shape index (κ2) is 5.37. The van der Waals surface area contributed by atoms with Gasteiger partial charge in [0.2, 0.25) is 0 Å². The molecule has 84 valence electrons. The van der Waals surface area contributed by atoms with E-state index in [1.54, 1.807) is 10.9 Å². The van der Waals surface area contributed by atoms with Crippen LogP contribution in [0.25, 0.3) is 0 Å². The van der Waals surface area contributed by atoms with Gasteiger partial charge in [-0.15, -0.1) is 5.10 Å². The van der Waals surface area contributed by atoms with E-state index in [4.69, 9.17) is 5.73 Å². The minimum absolute atomic E-state index is 0.663. The van der Waals surface area contributed by atoms with E-state index < -0.39 is 0 Å². The van der Waals surface area contributed by atoms with Gasteiger partial charge in [0.25, 0.3) is 0 Å². The summed E-state index contributed by atoms with van der Waals surface area (Å²) in [7, 11) is 0. The maximum atomic E-state index is 5.44. The Balaban J connectivity index is 1.97. The van der Waals surface area contributed by atoms with Crippen LogP contribution in [0, 0.1) is 0 Å². The van der Waals surface area contributed by atoms with Gasteiger partial charge in [-0.1, -0.05) is 11.3 Å². The van der Waals surface area contributed by atoms with Gasteiger partial charge in [-0.3, -0.25) is 4.98 Å². The Kier molecular flexibility index (Phi) is 3.61. The first-order chi connectivity index (χ1) is 7.88. The molecule has 0 aromatic carbocycles. The lowest BCUT2D eigenvalue weighted by Gasteiger charge is -1.98. The van der Waals surface area contributed by atoms with E-state index in [9.17, 15) is 0 Å². The van der Waals surface area contributed by atoms with Crippen LogP contribution in [-0.4, -0.2) is 26.5 Å². The highest BCUT2D eigenvalue weighted by Gasteiger charge is 2.01. The number of hydrogen-bond donors (Lipinski definition) is 1. The second-order valence-electron chi connectivity index (χ2n) is 3.62. The zero-order chi connectivity index (χ0) is 11.2. The minimum Gasteiger partial charge on any atom is -0.330 e. The van der Waals surface area contributed by atoms with E-state index in [0.717, 1.165) is 24.2 Å². The molecule has 0 aliphatic carbocycles. The first-order valence-electron chi connectivity index (χ1n) is 5.37. The smallest absolute Gasteiger partial charge is 0.0849 e. The number of nitrogens with zero attached hydrogens (tertiary/aromatic N) is 4. The van der Waals surface area contributed by atoms with Crippen molar-refractivity contribution in [3.63, 3.8) is 0 Å². The highest BCUT2D eigenvalue weighted by Crippen LogP contribution is 2.00. The molecule has 0 aliphatic rings. The Hall–Kier alpha value is -1.75. The van der Waals surface area contributed by atoms with Crippen LogP contribution in [0.3, 0.4) is 0 Å². The van der Waals surface area contributed by atoms with Crippen molar-refractivity contribution in [2.75, 3.05) is 6.54 Å². The molecule has 0 bridgehead atoms. The fraction of sp³-hybridized carbons (Fsp3) is 0.364. The fourth-order valence-corrected chi connectivity index (χ4v) is 1.47. The summed E-state index contributed by atoms with van der Waals surface area (Å²) >= 11 is 0. The lowest BCUT2D eigenvalue weighted by atomic mass is 10.2. The Labute approximate surface area is 94.3 Å². The summed E-state index contributed by atoms with van der Waals surface area (Å²) in [6.45, 7) is 1.35. The largest absolute Gasteiger partial charge is 0.330 e. The van der Waals surface area contributed by atoms with E-state index in [0.29, 0.717) is 13.1 Å². The highest BCUT2D eigenvalue weighted by molar-refractivity contribution is 5.04. The molecule has 0 radical (unpaired) electrons. The molecule has 0 fully saturated rings. The van der Waals surface area contributed by atoms with Gasteiger partial charge in [0.05, 0.1) is 17.9 Å². The molecule has 0 aliphatic heterocycles. The van der Waals surface area contributed by atoms with Crippen molar-refractivity contribution >= 4 is 0 Å². The highest BCUT2D eigenvalue weighted by atomic mass is 15.4. The van der Waals surface area contributed by atoms with Gasteiger partial charge >= 0.3 is 0 Å². The Bertz CT molecular complexity index is 423. The van der Waals surface area contributed by atoms with Crippen molar-refractivity contribution in [3.05, 3.63) is 42.0 Å². The summed E-state index contributed by atoms with van der Waals surface area (Å²) in [5.74, 6) is 0. The fourth-order valence-electron chi connectivity index (χ4n) is 1.47. The van der Waals surface area contributed by atoms with E-state index in [2.05, 4.69) is 15.3 Å². The molecule has 2 N–H and O–H groups in total. The summed E-state index contributed by atoms with van der Waals surface area (Å²) in [6.07, 6.45) is 5.56. The summed E-state index contributed by atoms with van der Waals surface area (Å²) in [5, 5.41) is 8.13. The number of pyridine rings is 1. The lowest BCUT2D eigenvalue weighted by molar-refractivity contribution is 0.638. The van der Waals surface area contributed by atoms with Crippen LogP contribution in [0.5, 0.6) is 0 Å². The summed E-state index contributed by atoms with van der Waals surface area (Å²) in [6, 6.07) is 5.84. The Morgan fingerprint density at radius 3 is 2.94 bits per heavy atom. The summed E-state index contributed by atoms with van der Waals surface area (Å²) in [4.78, 5) is 4.24. The lowest BCUT2D eigenvalue weighted by Crippen LogP contribution is -2.02. The van der Waals surface area contributed by atoms with Gasteiger partial charge < -0.3 is 5.73 Å². The molecule has 2 aromatic rings. The van der Waals surface area contributed by atoms with Gasteiger partial charge in [0, 0.05) is 12.4 Å². The molecule has 5 heteroatoms. The third-order valence-electron chi connectivity index (χ3n) is 2.27. The summed E-state index contributed by atoms with van der Waals surface area (Å²) in [5.41, 5.74) is 7.41. The van der Waals surface area contributed by atoms with Crippen molar-refractivity contribution in [2.24, 2.45) is 5.73 Å². The number of aryl methyl sites for hydroxylation is 1. The number of nitrogens with two attached hydrogens (primary N) is 1. The molecule has 0 atom stereocenters. The molecule has 2 rings (SSSR count). The average Bonchev–Trinajstić information content (AvgIpc) is 2.75. The van der Waals surface area contributed by atoms with E-state index in [1.807, 2.05) is 24.4 Å². The van der Waals surface area contributed by atoms with Crippen LogP contribution in [0.15, 0.2) is 30.6 Å². The van der Waals surface area contributed by atoms with E-state index in [-0.39, 0.29) is 0 Å². The topological polar surface area (TPSA) is 69.6 Å². The minimum atomic E-state index is 0.663. The molecule has 0 saturated carbocycles. The van der Waals surface area contributed by atoms with Gasteiger partial charge in [0.1, 0.15) is 0 Å². The van der Waals surface area contributed by atoms with Crippen molar-refractivity contribution in [3.8, 4) is 0 Å². The molecule has 2 heterocycles. The zero-order valence-corrected chi connectivity index (χ0v) is 9.08. The number of aromatic nitrogens is 4. The van der Waals surface area contributed by atoms with Crippen molar-refractivity contribution in [1.82, 2.24) is 20.0 Å². The zero-order valence-electron chi connectivity index (χ0n) is 9.08. The average molecular weight is 217 g/mol. The maximum absolute atomic E-state index is 5.44. The van der Waals surface area contributed by atoms with Crippen LogP contribution >= 0.6 is 0 Å². The first kappa shape index (κ1) is 10.8. The van der Waals surface area contributed by atoms with Crippen LogP contribution in [0.2, 0.25) is 0 Å². The van der Waals surface area contributed by atoms with Crippen molar-refractivity contribution in [1.29, 1.82) is 0 Å². The third kappa shape index (κ3) is 2.87. The van der Waals surface area contributed by atoms with Gasteiger partial charge in [0.15, 0.2) is 0 Å². The first-order valence-corrected chi connectivity index (χ1v) is 5.37. The molecule has 0 unspecified atom stereocenters. The maximum Gasteiger partial charge on any atom is 0.0849 e. The van der Waals surface area contributed by atoms with Crippen LogP contribution < -0.4 is 5.73 Å². The molecule has 16 heavy (non-hydrogen) atoms. The van der Waals surface area contributed by atoms with Gasteiger partial charge in [-0.05, 0) is 31.5 Å². The van der Waals surface area contributed by atoms with Crippen molar-refractivity contribution < 1.29 is 0 Å². The predicted octanol–water partition coefficient (Wildman–Crippen LogP) is 0.613. The number of hydrogen-bond acceptors (Lipinski definition) is 4. The van der Waals surface area contributed by atoms with Crippen LogP contribution in [0.1, 0.15) is 17.8 Å². The van der Waals surface area contributed by atoms with Gasteiger partial charge in [-0.25, -0.2) is 4.68 Å². The predicted molar refractivity (Wildman–Crippen MR) is 60.7 cm³/mol. The Morgan fingerprint density at radius 2 is 2.19 bits per heavy atom.